The van der Waals surface area contributed by atoms with Crippen LogP contribution in [0.2, 0.25) is 0 Å². The maximum absolute atomic E-state index is 13.5. The Morgan fingerprint density at radius 2 is 2.13 bits per heavy atom. The van der Waals surface area contributed by atoms with Crippen molar-refractivity contribution in [2.24, 2.45) is 5.92 Å². The van der Waals surface area contributed by atoms with Gasteiger partial charge in [-0.25, -0.2) is 9.97 Å². The molecule has 1 N–H and O–H groups in total. The maximum Gasteiger partial charge on any atom is 0.238 e. The average Bonchev–Trinajstić information content (AvgIpc) is 3.37. The number of oxazole rings is 2. The number of aromatic nitrogens is 2. The Morgan fingerprint density at radius 3 is 2.87 bits per heavy atom. The minimum Gasteiger partial charge on any atom is -0.447 e. The van der Waals surface area contributed by atoms with E-state index < -0.39 is 0 Å². The number of piperazine rings is 1. The topological polar surface area (TPSA) is 87.6 Å². The number of amides is 1. The number of fused-ring (bicyclic) bond motifs is 2. The number of carbonyl (C=O) groups excluding carboxylic acids is 1. The summed E-state index contributed by atoms with van der Waals surface area (Å²) < 4.78 is 11.5. The Kier molecular flexibility index (Phi) is 4.23. The highest BCUT2D eigenvalue weighted by Crippen LogP contribution is 2.49. The first kappa shape index (κ1) is 19.0. The lowest BCUT2D eigenvalue weighted by atomic mass is 9.73. The first-order valence-corrected chi connectivity index (χ1v) is 11.1. The standard InChI is InChI=1S/C23H27N5O3/c1-14-12-30-22(25-14)18-9-24-13-23(17-6-4-7-17)27(18)11-20(29)28(23)10-16-5-3-8-19-21(16)26-15(2)31-19/h3,5,8,12,17-18,24H,4,6-7,9-11,13H2,1-2H3. The van der Waals surface area contributed by atoms with Crippen LogP contribution in [-0.2, 0) is 11.3 Å². The van der Waals surface area contributed by atoms with Crippen LogP contribution in [0.3, 0.4) is 0 Å². The summed E-state index contributed by atoms with van der Waals surface area (Å²) in [5, 5.41) is 3.61. The average molecular weight is 422 g/mol. The maximum atomic E-state index is 13.5. The van der Waals surface area contributed by atoms with E-state index in [0.717, 1.165) is 48.3 Å². The fourth-order valence-corrected chi connectivity index (χ4v) is 5.67. The van der Waals surface area contributed by atoms with E-state index in [1.54, 1.807) is 6.26 Å². The molecule has 1 aliphatic carbocycles. The lowest BCUT2D eigenvalue weighted by molar-refractivity contribution is -0.142. The number of nitrogens with zero attached hydrogens (tertiary/aromatic N) is 4. The zero-order valence-electron chi connectivity index (χ0n) is 17.9. The molecule has 2 unspecified atom stereocenters. The van der Waals surface area contributed by atoms with Crippen LogP contribution in [0.1, 0.15) is 48.3 Å². The van der Waals surface area contributed by atoms with Crippen LogP contribution in [-0.4, -0.2) is 51.0 Å². The van der Waals surface area contributed by atoms with Crippen molar-refractivity contribution in [3.05, 3.63) is 47.5 Å². The summed E-state index contributed by atoms with van der Waals surface area (Å²) >= 11 is 0. The van der Waals surface area contributed by atoms with Crippen molar-refractivity contribution >= 4 is 17.0 Å². The second kappa shape index (κ2) is 6.90. The molecule has 1 saturated carbocycles. The molecular formula is C23H27N5O3. The molecule has 162 valence electrons. The molecule has 2 saturated heterocycles. The van der Waals surface area contributed by atoms with Gasteiger partial charge in [0.1, 0.15) is 23.5 Å². The van der Waals surface area contributed by atoms with Crippen LogP contribution in [0, 0.1) is 19.8 Å². The highest BCUT2D eigenvalue weighted by Gasteiger charge is 2.60. The van der Waals surface area contributed by atoms with E-state index in [1.807, 2.05) is 26.0 Å². The van der Waals surface area contributed by atoms with Crippen LogP contribution in [0.5, 0.6) is 0 Å². The van der Waals surface area contributed by atoms with Gasteiger partial charge in [-0.05, 0) is 31.7 Å². The second-order valence-electron chi connectivity index (χ2n) is 9.08. The number of benzene rings is 1. The van der Waals surface area contributed by atoms with Gasteiger partial charge in [0.25, 0.3) is 0 Å². The first-order chi connectivity index (χ1) is 15.1. The van der Waals surface area contributed by atoms with E-state index in [4.69, 9.17) is 8.83 Å². The zero-order chi connectivity index (χ0) is 21.2. The molecule has 3 aliphatic rings. The summed E-state index contributed by atoms with van der Waals surface area (Å²) in [6.45, 7) is 6.19. The summed E-state index contributed by atoms with van der Waals surface area (Å²) in [5.74, 6) is 1.92. The summed E-state index contributed by atoms with van der Waals surface area (Å²) in [5.41, 5.74) is 3.13. The number of carbonyl (C=O) groups is 1. The van der Waals surface area contributed by atoms with E-state index in [2.05, 4.69) is 31.2 Å². The van der Waals surface area contributed by atoms with Crippen molar-refractivity contribution in [3.8, 4) is 0 Å². The Balaban J connectivity index is 1.42. The minimum atomic E-state index is -0.373. The molecule has 31 heavy (non-hydrogen) atoms. The number of aryl methyl sites for hydroxylation is 2. The predicted octanol–water partition coefficient (Wildman–Crippen LogP) is 2.92. The second-order valence-corrected chi connectivity index (χ2v) is 9.08. The molecule has 8 heteroatoms. The third kappa shape index (κ3) is 2.78. The van der Waals surface area contributed by atoms with E-state index in [9.17, 15) is 4.79 Å². The largest absolute Gasteiger partial charge is 0.447 e. The summed E-state index contributed by atoms with van der Waals surface area (Å²) in [6, 6.07) is 5.91. The van der Waals surface area contributed by atoms with Crippen LogP contribution in [0.15, 0.2) is 33.3 Å². The highest BCUT2D eigenvalue weighted by molar-refractivity contribution is 5.83. The highest BCUT2D eigenvalue weighted by atomic mass is 16.3. The first-order valence-electron chi connectivity index (χ1n) is 11.1. The summed E-state index contributed by atoms with van der Waals surface area (Å²) in [6.07, 6.45) is 5.17. The van der Waals surface area contributed by atoms with E-state index in [-0.39, 0.29) is 17.6 Å². The number of hydrogen-bond acceptors (Lipinski definition) is 7. The lowest BCUT2D eigenvalue weighted by Crippen LogP contribution is -2.69. The van der Waals surface area contributed by atoms with Gasteiger partial charge in [-0.2, -0.15) is 0 Å². The van der Waals surface area contributed by atoms with Crippen molar-refractivity contribution in [2.45, 2.75) is 51.4 Å². The molecule has 0 spiro atoms. The number of hydrogen-bond donors (Lipinski definition) is 1. The molecule has 6 rings (SSSR count). The molecule has 1 aromatic carbocycles. The normalized spacial score (nSPS) is 27.1. The van der Waals surface area contributed by atoms with Gasteiger partial charge in [0.2, 0.25) is 11.8 Å². The molecule has 8 nitrogen and oxygen atoms in total. The molecule has 2 atom stereocenters. The monoisotopic (exact) mass is 421 g/mol. The van der Waals surface area contributed by atoms with Crippen molar-refractivity contribution < 1.29 is 13.6 Å². The van der Waals surface area contributed by atoms with Crippen molar-refractivity contribution in [1.29, 1.82) is 0 Å². The molecule has 3 fully saturated rings. The summed E-state index contributed by atoms with van der Waals surface area (Å²) in [4.78, 5) is 27.1. The van der Waals surface area contributed by atoms with E-state index in [0.29, 0.717) is 30.8 Å². The molecule has 0 bridgehead atoms. The fraction of sp³-hybridized carbons (Fsp3) is 0.522. The number of rotatable bonds is 4. The smallest absolute Gasteiger partial charge is 0.238 e. The third-order valence-electron chi connectivity index (χ3n) is 7.29. The van der Waals surface area contributed by atoms with Gasteiger partial charge in [-0.15, -0.1) is 0 Å². The quantitative estimate of drug-likeness (QED) is 0.693. The van der Waals surface area contributed by atoms with Gasteiger partial charge in [-0.1, -0.05) is 18.6 Å². The van der Waals surface area contributed by atoms with Crippen LogP contribution >= 0.6 is 0 Å². The molecule has 0 radical (unpaired) electrons. The van der Waals surface area contributed by atoms with Gasteiger partial charge in [0.05, 0.1) is 12.2 Å². The van der Waals surface area contributed by atoms with Gasteiger partial charge in [-0.3, -0.25) is 9.69 Å². The Morgan fingerprint density at radius 1 is 1.26 bits per heavy atom. The van der Waals surface area contributed by atoms with E-state index >= 15 is 0 Å². The predicted molar refractivity (Wildman–Crippen MR) is 113 cm³/mol. The molecule has 3 aromatic rings. The van der Waals surface area contributed by atoms with E-state index in [1.165, 1.54) is 6.42 Å². The van der Waals surface area contributed by atoms with Gasteiger partial charge < -0.3 is 19.1 Å². The Hall–Kier alpha value is -2.71. The Labute approximate surface area is 180 Å². The molecular weight excluding hydrogens is 394 g/mol. The Bertz CT molecular complexity index is 1150. The fourth-order valence-electron chi connectivity index (χ4n) is 5.67. The van der Waals surface area contributed by atoms with Crippen molar-refractivity contribution in [2.75, 3.05) is 19.6 Å². The van der Waals surface area contributed by atoms with Crippen LogP contribution in [0.25, 0.3) is 11.1 Å². The lowest BCUT2D eigenvalue weighted by Gasteiger charge is -2.56. The van der Waals surface area contributed by atoms with Crippen LogP contribution in [0.4, 0.5) is 0 Å². The number of para-hydroxylation sites is 1. The third-order valence-corrected chi connectivity index (χ3v) is 7.29. The van der Waals surface area contributed by atoms with Gasteiger partial charge in [0, 0.05) is 32.1 Å². The molecule has 1 amide bonds. The van der Waals surface area contributed by atoms with Gasteiger partial charge in [0.15, 0.2) is 11.5 Å². The SMILES string of the molecule is Cc1coc(C2CNCC3(C4CCC4)N(Cc4cccc5oc(C)nc45)C(=O)CN23)n1. The minimum absolute atomic E-state index is 0.0536. The van der Waals surface area contributed by atoms with Crippen LogP contribution < -0.4 is 5.32 Å². The molecule has 2 aromatic heterocycles. The van der Waals surface area contributed by atoms with Crippen molar-refractivity contribution in [1.82, 2.24) is 25.1 Å². The molecule has 4 heterocycles. The molecule has 2 aliphatic heterocycles. The van der Waals surface area contributed by atoms with Gasteiger partial charge >= 0.3 is 0 Å². The number of nitrogens with one attached hydrogen (secondary N) is 1. The van der Waals surface area contributed by atoms with Crippen molar-refractivity contribution in [3.63, 3.8) is 0 Å². The summed E-state index contributed by atoms with van der Waals surface area (Å²) in [7, 11) is 0. The zero-order valence-corrected chi connectivity index (χ0v) is 17.9.